The molecule has 18 nitrogen and oxygen atoms in total. The average molecular weight is 618 g/mol. The Morgan fingerprint density at radius 1 is 1.13 bits per heavy atom. The van der Waals surface area contributed by atoms with Crippen molar-refractivity contribution in [2.75, 3.05) is 19.7 Å². The van der Waals surface area contributed by atoms with Gasteiger partial charge in [0.1, 0.15) is 11.8 Å². The molecule has 4 atom stereocenters. The largest absolute Gasteiger partial charge is 0.490 e. The van der Waals surface area contributed by atoms with Gasteiger partial charge in [-0.25, -0.2) is 18.5 Å². The lowest BCUT2D eigenvalue weighted by atomic mass is 10.2. The van der Waals surface area contributed by atoms with E-state index < -0.39 is 53.7 Å². The number of carbonyl (C=O) groups excluding carboxylic acids is 1. The molecule has 21 heteroatoms. The van der Waals surface area contributed by atoms with E-state index in [0.717, 1.165) is 23.6 Å². The first-order valence-corrected chi connectivity index (χ1v) is 15.9. The van der Waals surface area contributed by atoms with Crippen LogP contribution < -0.4 is 22.3 Å². The lowest BCUT2D eigenvalue weighted by Crippen LogP contribution is -2.33. The van der Waals surface area contributed by atoms with Crippen LogP contribution in [-0.4, -0.2) is 60.8 Å². The second-order valence-corrected chi connectivity index (χ2v) is 12.5. The number of aromatic amines is 1. The molecule has 220 valence electrons. The van der Waals surface area contributed by atoms with Crippen molar-refractivity contribution in [1.82, 2.24) is 14.9 Å². The number of aromatic nitrogens is 2. The third-order valence-electron chi connectivity index (χ3n) is 4.91. The van der Waals surface area contributed by atoms with Gasteiger partial charge in [-0.2, -0.15) is 8.62 Å². The normalized spacial score (nSPS) is 20.4. The maximum Gasteiger partial charge on any atom is 0.490 e. The number of unbranched alkanes of at least 4 members (excludes halogenated alkanes) is 2. The zero-order valence-corrected chi connectivity index (χ0v) is 23.0. The molecule has 0 saturated carbocycles. The fourth-order valence-corrected chi connectivity index (χ4v) is 6.31. The van der Waals surface area contributed by atoms with Crippen molar-refractivity contribution in [3.8, 4) is 11.8 Å². The van der Waals surface area contributed by atoms with Gasteiger partial charge in [-0.3, -0.25) is 23.7 Å². The molecule has 1 aliphatic heterocycles. The first kappa shape index (κ1) is 33.2. The summed E-state index contributed by atoms with van der Waals surface area (Å²) < 4.78 is 52.3. The van der Waals surface area contributed by atoms with Crippen molar-refractivity contribution < 1.29 is 55.9 Å². The van der Waals surface area contributed by atoms with Gasteiger partial charge < -0.3 is 35.4 Å². The number of rotatable bonds is 14. The molecule has 0 spiro atoms. The Bertz CT molecular complexity index is 1330. The van der Waals surface area contributed by atoms with Crippen LogP contribution in [0.2, 0.25) is 0 Å². The number of phosphoric acid groups is 3. The van der Waals surface area contributed by atoms with E-state index in [1.807, 2.05) is 0 Å². The number of hydrogen-bond donors (Lipinski definition) is 7. The fourth-order valence-electron chi connectivity index (χ4n) is 3.26. The Morgan fingerprint density at radius 3 is 2.51 bits per heavy atom. The van der Waals surface area contributed by atoms with Gasteiger partial charge >= 0.3 is 29.2 Å². The van der Waals surface area contributed by atoms with Crippen molar-refractivity contribution in [2.24, 2.45) is 5.73 Å². The number of nitrogens with two attached hydrogens (primary N) is 1. The molecule has 1 fully saturated rings. The Labute approximate surface area is 221 Å². The predicted molar refractivity (Wildman–Crippen MR) is 132 cm³/mol. The second kappa shape index (κ2) is 14.6. The summed E-state index contributed by atoms with van der Waals surface area (Å²) in [5, 5.41) is 2.59. The summed E-state index contributed by atoms with van der Waals surface area (Å²) in [6, 6.07) is 0. The van der Waals surface area contributed by atoms with Gasteiger partial charge in [0.15, 0.2) is 0 Å². The summed E-state index contributed by atoms with van der Waals surface area (Å²) >= 11 is 0. The van der Waals surface area contributed by atoms with Gasteiger partial charge in [0.05, 0.1) is 19.3 Å². The number of phosphoric ester groups is 1. The minimum absolute atomic E-state index is 0.0309. The minimum Gasteiger partial charge on any atom is -0.352 e. The lowest BCUT2D eigenvalue weighted by Gasteiger charge is -2.19. The first-order valence-electron chi connectivity index (χ1n) is 11.4. The standard InChI is InChI=1S/C18H29N4O14P3/c19-9-3-1-2-6-15(23)20-10-4-5-13-11-22(18(25)21-17(13)24)16-8-7-14(34-16)12-33-38(29,30)36-39(31,32)35-37(26,27)28/h11,14,16H,1-3,6-10,12,19H2,(H,20,23)(H,29,30)(H,31,32)(H,21,24,25)(H2,26,27,28)/t14-,16+/m0/s1. The van der Waals surface area contributed by atoms with Gasteiger partial charge in [0, 0.05) is 12.6 Å². The highest BCUT2D eigenvalue weighted by atomic mass is 31.3. The van der Waals surface area contributed by atoms with Crippen molar-refractivity contribution in [3.05, 3.63) is 32.6 Å². The quantitative estimate of drug-likeness (QED) is 0.0789. The molecule has 8 N–H and O–H groups in total. The zero-order chi connectivity index (χ0) is 29.3. The van der Waals surface area contributed by atoms with Crippen molar-refractivity contribution >= 4 is 29.4 Å². The highest BCUT2D eigenvalue weighted by Crippen LogP contribution is 2.66. The number of carbonyl (C=O) groups is 1. The van der Waals surface area contributed by atoms with Crippen molar-refractivity contribution in [3.63, 3.8) is 0 Å². The maximum absolute atomic E-state index is 12.3. The zero-order valence-electron chi connectivity index (χ0n) is 20.3. The highest BCUT2D eigenvalue weighted by molar-refractivity contribution is 7.66. The molecule has 1 aromatic rings. The summed E-state index contributed by atoms with van der Waals surface area (Å²) in [7, 11) is -16.5. The number of ether oxygens (including phenoxy) is 1. The number of nitrogens with one attached hydrogen (secondary N) is 2. The van der Waals surface area contributed by atoms with Crippen LogP contribution in [0.4, 0.5) is 0 Å². The van der Waals surface area contributed by atoms with E-state index in [0.29, 0.717) is 19.4 Å². The topological polar surface area (TPSA) is 279 Å². The monoisotopic (exact) mass is 618 g/mol. The van der Waals surface area contributed by atoms with Gasteiger partial charge in [-0.05, 0) is 32.2 Å². The third kappa shape index (κ3) is 12.4. The van der Waals surface area contributed by atoms with Gasteiger partial charge in [0.2, 0.25) is 5.91 Å². The predicted octanol–water partition coefficient (Wildman–Crippen LogP) is -0.456. The van der Waals surface area contributed by atoms with E-state index in [9.17, 15) is 37.9 Å². The molecule has 1 aliphatic rings. The van der Waals surface area contributed by atoms with Crippen LogP contribution in [0.5, 0.6) is 0 Å². The first-order chi connectivity index (χ1) is 18.1. The van der Waals surface area contributed by atoms with Crippen LogP contribution in [0.15, 0.2) is 15.8 Å². The van der Waals surface area contributed by atoms with Gasteiger partial charge in [0.25, 0.3) is 5.56 Å². The van der Waals surface area contributed by atoms with E-state index in [1.165, 1.54) is 0 Å². The summed E-state index contributed by atoms with van der Waals surface area (Å²) in [6.45, 7) is -0.161. The van der Waals surface area contributed by atoms with Crippen LogP contribution in [0.1, 0.15) is 50.3 Å². The molecule has 1 aromatic heterocycles. The molecule has 2 heterocycles. The molecule has 39 heavy (non-hydrogen) atoms. The summed E-state index contributed by atoms with van der Waals surface area (Å²) in [4.78, 5) is 74.1. The fraction of sp³-hybridized carbons (Fsp3) is 0.611. The Kier molecular flexibility index (Phi) is 12.5. The van der Waals surface area contributed by atoms with Crippen LogP contribution in [0, 0.1) is 11.8 Å². The second-order valence-electron chi connectivity index (χ2n) is 8.06. The van der Waals surface area contributed by atoms with E-state index in [2.05, 4.69) is 35.3 Å². The Balaban J connectivity index is 1.94. The van der Waals surface area contributed by atoms with E-state index in [-0.39, 0.29) is 30.9 Å². The van der Waals surface area contributed by atoms with Gasteiger partial charge in [-0.1, -0.05) is 18.3 Å². The number of H-pyrrole nitrogens is 1. The summed E-state index contributed by atoms with van der Waals surface area (Å²) in [5.41, 5.74) is 3.72. The van der Waals surface area contributed by atoms with Crippen LogP contribution >= 0.6 is 23.5 Å². The minimum atomic E-state index is -5.66. The molecule has 0 aromatic carbocycles. The molecule has 0 bridgehead atoms. The maximum atomic E-state index is 12.3. The highest BCUT2D eigenvalue weighted by Gasteiger charge is 2.41. The van der Waals surface area contributed by atoms with Crippen molar-refractivity contribution in [1.29, 1.82) is 0 Å². The number of amides is 1. The van der Waals surface area contributed by atoms with E-state index in [1.54, 1.807) is 0 Å². The lowest BCUT2D eigenvalue weighted by molar-refractivity contribution is -0.120. The molecule has 0 radical (unpaired) electrons. The molecule has 1 saturated heterocycles. The molecule has 2 unspecified atom stereocenters. The third-order valence-corrected chi connectivity index (χ3v) is 8.71. The summed E-state index contributed by atoms with van der Waals surface area (Å²) in [5.74, 6) is 4.97. The Hall–Kier alpha value is -1.96. The average Bonchev–Trinajstić information content (AvgIpc) is 3.26. The molecule has 1 amide bonds. The van der Waals surface area contributed by atoms with Crippen LogP contribution in [-0.2, 0) is 36.4 Å². The Morgan fingerprint density at radius 2 is 1.85 bits per heavy atom. The van der Waals surface area contributed by atoms with Crippen LogP contribution in [0.25, 0.3) is 0 Å². The number of hydrogen-bond acceptors (Lipinski definition) is 11. The molecular weight excluding hydrogens is 589 g/mol. The van der Waals surface area contributed by atoms with E-state index >= 15 is 0 Å². The smallest absolute Gasteiger partial charge is 0.352 e. The molecule has 0 aliphatic carbocycles. The van der Waals surface area contributed by atoms with Gasteiger partial charge in [-0.15, -0.1) is 0 Å². The molecule has 2 rings (SSSR count). The van der Waals surface area contributed by atoms with E-state index in [4.69, 9.17) is 20.3 Å². The SMILES string of the molecule is NCCCCCC(=O)NCC#Cc1cn([C@H]2CC[C@@H](COP(=O)(O)OP(=O)(O)OP(=O)(O)O)O2)c(=O)[nH]c1=O. The summed E-state index contributed by atoms with van der Waals surface area (Å²) in [6.07, 6.45) is 2.29. The molecular formula is C18H29N4O14P3. The van der Waals surface area contributed by atoms with Crippen LogP contribution in [0.3, 0.4) is 0 Å². The van der Waals surface area contributed by atoms with Crippen molar-refractivity contribution in [2.45, 2.75) is 50.9 Å². The number of nitrogens with zero attached hydrogens (tertiary/aromatic N) is 1.